The number of nitrogens with one attached hydrogen (secondary N) is 2. The molecule has 0 aliphatic rings. The molecule has 0 radical (unpaired) electrons. The number of nitrogens with two attached hydrogens (primary N) is 1. The second kappa shape index (κ2) is 5.54. The van der Waals surface area contributed by atoms with Gasteiger partial charge < -0.3 is 16.4 Å². The van der Waals surface area contributed by atoms with Crippen molar-refractivity contribution in [2.45, 2.75) is 6.18 Å². The summed E-state index contributed by atoms with van der Waals surface area (Å²) in [6.45, 7) is 3.20. The van der Waals surface area contributed by atoms with E-state index in [4.69, 9.17) is 0 Å². The number of alkyl halides is 3. The Labute approximate surface area is 88.8 Å². The minimum atomic E-state index is -4.66. The molecule has 2 amide bonds. The van der Waals surface area contributed by atoms with Gasteiger partial charge in [-0.25, -0.2) is 4.79 Å². The van der Waals surface area contributed by atoms with Crippen LogP contribution in [0.3, 0.4) is 0 Å². The van der Waals surface area contributed by atoms with Gasteiger partial charge in [0.15, 0.2) is 0 Å². The van der Waals surface area contributed by atoms with Gasteiger partial charge in [0.2, 0.25) is 13.0 Å². The van der Waals surface area contributed by atoms with E-state index in [1.807, 2.05) is 5.32 Å². The molecule has 0 atom stereocenters. The molecular formula is C5H8BF3N4OS. The molecule has 0 aromatic carbocycles. The molecule has 10 heteroatoms. The number of amides is 2. The Hall–Kier alpha value is -1.32. The third kappa shape index (κ3) is 5.20. The zero-order valence-corrected chi connectivity index (χ0v) is 8.50. The van der Waals surface area contributed by atoms with Crippen molar-refractivity contribution in [3.8, 4) is 0 Å². The quantitative estimate of drug-likeness (QED) is 0.207. The molecule has 0 saturated carbocycles. The van der Waals surface area contributed by atoms with E-state index >= 15 is 0 Å². The Morgan fingerprint density at radius 3 is 2.40 bits per heavy atom. The molecular weight excluding hydrogens is 232 g/mol. The van der Waals surface area contributed by atoms with E-state index < -0.39 is 17.3 Å². The lowest BCUT2D eigenvalue weighted by Crippen LogP contribution is -2.33. The maximum absolute atomic E-state index is 12.1. The van der Waals surface area contributed by atoms with Crippen LogP contribution in [0.15, 0.2) is 16.7 Å². The maximum atomic E-state index is 12.1. The number of halogens is 3. The monoisotopic (exact) mass is 240 g/mol. The normalized spacial score (nSPS) is 12.1. The van der Waals surface area contributed by atoms with Crippen LogP contribution in [0.1, 0.15) is 0 Å². The molecule has 0 heterocycles. The van der Waals surface area contributed by atoms with Crippen molar-refractivity contribution < 1.29 is 18.0 Å². The predicted octanol–water partition coefficient (Wildman–Crippen LogP) is -0.127. The van der Waals surface area contributed by atoms with Gasteiger partial charge in [-0.3, -0.25) is 0 Å². The number of hydrogen-bond acceptors (Lipinski definition) is 4. The number of nitrogens with zero attached hydrogens (tertiary/aromatic N) is 1. The Morgan fingerprint density at radius 2 is 2.07 bits per heavy atom. The molecule has 0 rings (SSSR count). The molecule has 0 fully saturated rings. The highest BCUT2D eigenvalue weighted by Gasteiger charge is 2.37. The van der Waals surface area contributed by atoms with Gasteiger partial charge in [-0.2, -0.15) is 18.3 Å². The largest absolute Gasteiger partial charge is 0.441 e. The SMILES string of the molecule is BNC(=O)NC(=C)S/C(=N\N)C(F)(F)F. The molecule has 0 unspecified atom stereocenters. The molecule has 0 spiro atoms. The third-order valence-electron chi connectivity index (χ3n) is 1.06. The van der Waals surface area contributed by atoms with Crippen LogP contribution < -0.4 is 16.4 Å². The highest BCUT2D eigenvalue weighted by atomic mass is 32.2. The van der Waals surface area contributed by atoms with E-state index in [9.17, 15) is 18.0 Å². The summed E-state index contributed by atoms with van der Waals surface area (Å²) in [5.74, 6) is 4.55. The fourth-order valence-corrected chi connectivity index (χ4v) is 1.03. The van der Waals surface area contributed by atoms with Crippen LogP contribution in [0.2, 0.25) is 0 Å². The smallest absolute Gasteiger partial charge is 0.388 e. The van der Waals surface area contributed by atoms with Gasteiger partial charge in [-0.1, -0.05) is 6.58 Å². The number of rotatable bonds is 2. The van der Waals surface area contributed by atoms with Crippen molar-refractivity contribution in [2.24, 2.45) is 10.9 Å². The Morgan fingerprint density at radius 1 is 1.53 bits per heavy atom. The molecule has 5 nitrogen and oxygen atoms in total. The second-order valence-electron chi connectivity index (χ2n) is 2.16. The number of hydrogen-bond donors (Lipinski definition) is 3. The Balaban J connectivity index is 4.35. The van der Waals surface area contributed by atoms with Crippen LogP contribution in [-0.2, 0) is 0 Å². The summed E-state index contributed by atoms with van der Waals surface area (Å²) in [5, 5.41) is 5.24. The van der Waals surface area contributed by atoms with Crippen molar-refractivity contribution >= 4 is 30.8 Å². The Bertz CT molecular complexity index is 292. The van der Waals surface area contributed by atoms with Crippen LogP contribution in [0.4, 0.5) is 18.0 Å². The van der Waals surface area contributed by atoms with Crippen molar-refractivity contribution in [1.82, 2.24) is 10.5 Å². The van der Waals surface area contributed by atoms with Crippen molar-refractivity contribution in [1.29, 1.82) is 0 Å². The summed E-state index contributed by atoms with van der Waals surface area (Å²) < 4.78 is 36.3. The van der Waals surface area contributed by atoms with Gasteiger partial charge >= 0.3 is 12.2 Å². The molecule has 0 bridgehead atoms. The Kier molecular flexibility index (Phi) is 5.05. The molecule has 15 heavy (non-hydrogen) atoms. The van der Waals surface area contributed by atoms with E-state index in [0.717, 1.165) is 0 Å². The number of hydrazone groups is 1. The first kappa shape index (κ1) is 13.7. The minimum absolute atomic E-state index is 0.129. The number of thioether (sulfide) groups is 1. The van der Waals surface area contributed by atoms with E-state index in [-0.39, 0.29) is 16.8 Å². The first-order valence-corrected chi connectivity index (χ1v) is 4.33. The van der Waals surface area contributed by atoms with Crippen LogP contribution in [0.25, 0.3) is 0 Å². The summed E-state index contributed by atoms with van der Waals surface area (Å²) in [4.78, 5) is 10.7. The van der Waals surface area contributed by atoms with Gasteiger partial charge in [0, 0.05) is 0 Å². The standard InChI is InChI=1S/C5H8BF3N4OS/c1-2(11-4(14)12-6)15-3(13-10)5(7,8)9/h1,6,10H2,(H2,11,12,14)/b13-3-. The lowest BCUT2D eigenvalue weighted by Gasteiger charge is -2.10. The van der Waals surface area contributed by atoms with Crippen LogP contribution in [0, 0.1) is 0 Å². The lowest BCUT2D eigenvalue weighted by atomic mass is 10.4. The summed E-state index contributed by atoms with van der Waals surface area (Å²) in [5.41, 5.74) is 0. The van der Waals surface area contributed by atoms with Crippen LogP contribution >= 0.6 is 11.8 Å². The fourth-order valence-electron chi connectivity index (χ4n) is 0.489. The number of urea groups is 1. The summed E-state index contributed by atoms with van der Waals surface area (Å²) in [7, 11) is 1.31. The minimum Gasteiger partial charge on any atom is -0.388 e. The molecule has 0 saturated heterocycles. The third-order valence-corrected chi connectivity index (χ3v) is 1.94. The lowest BCUT2D eigenvalue weighted by molar-refractivity contribution is -0.0556. The summed E-state index contributed by atoms with van der Waals surface area (Å²) >= 11 is 0.129. The second-order valence-corrected chi connectivity index (χ2v) is 3.24. The maximum Gasteiger partial charge on any atom is 0.441 e. The fraction of sp³-hybridized carbons (Fsp3) is 0.200. The molecule has 0 aromatic rings. The zero-order valence-electron chi connectivity index (χ0n) is 7.68. The van der Waals surface area contributed by atoms with Gasteiger partial charge in [0.25, 0.3) is 0 Å². The van der Waals surface area contributed by atoms with Crippen LogP contribution in [0.5, 0.6) is 0 Å². The van der Waals surface area contributed by atoms with Crippen molar-refractivity contribution in [3.05, 3.63) is 11.6 Å². The van der Waals surface area contributed by atoms with Crippen molar-refractivity contribution in [3.63, 3.8) is 0 Å². The van der Waals surface area contributed by atoms with Gasteiger partial charge in [0.05, 0.1) is 5.03 Å². The first-order valence-electron chi connectivity index (χ1n) is 3.51. The topological polar surface area (TPSA) is 79.5 Å². The molecule has 4 N–H and O–H groups in total. The van der Waals surface area contributed by atoms with Crippen molar-refractivity contribution in [2.75, 3.05) is 0 Å². The summed E-state index contributed by atoms with van der Waals surface area (Å²) in [6.07, 6.45) is -4.66. The van der Waals surface area contributed by atoms with E-state index in [2.05, 4.69) is 22.8 Å². The van der Waals surface area contributed by atoms with Crippen LogP contribution in [-0.4, -0.2) is 25.2 Å². The predicted molar refractivity (Wildman–Crippen MR) is 54.6 cm³/mol. The molecule has 0 aliphatic carbocycles. The van der Waals surface area contributed by atoms with Gasteiger partial charge in [-0.15, -0.1) is 0 Å². The van der Waals surface area contributed by atoms with E-state index in [0.29, 0.717) is 0 Å². The van der Waals surface area contributed by atoms with E-state index in [1.165, 1.54) is 7.98 Å². The molecule has 0 aromatic heterocycles. The average molecular weight is 240 g/mol. The summed E-state index contributed by atoms with van der Waals surface area (Å²) in [6, 6.07) is -0.675. The highest BCUT2D eigenvalue weighted by Crippen LogP contribution is 2.27. The zero-order chi connectivity index (χ0) is 12.1. The number of carbonyl (C=O) groups is 1. The van der Waals surface area contributed by atoms with Gasteiger partial charge in [0.1, 0.15) is 0 Å². The molecule has 0 aliphatic heterocycles. The first-order chi connectivity index (χ1) is 6.81. The average Bonchev–Trinajstić information content (AvgIpc) is 2.12. The highest BCUT2D eigenvalue weighted by molar-refractivity contribution is 8.17. The van der Waals surface area contributed by atoms with E-state index in [1.54, 1.807) is 0 Å². The van der Waals surface area contributed by atoms with Gasteiger partial charge in [-0.05, 0) is 11.8 Å². The molecule has 84 valence electrons. The number of carbonyl (C=O) groups excluding carboxylic acids is 1.